The van der Waals surface area contributed by atoms with E-state index in [0.717, 1.165) is 35.8 Å². The molecule has 1 fully saturated rings. The van der Waals surface area contributed by atoms with Crippen LogP contribution in [0.25, 0.3) is 0 Å². The second-order valence-electron chi connectivity index (χ2n) is 6.15. The zero-order valence-corrected chi connectivity index (χ0v) is 14.6. The fraction of sp³-hybridized carbons (Fsp3) is 0.588. The summed E-state index contributed by atoms with van der Waals surface area (Å²) in [6.45, 7) is 7.89. The Balaban J connectivity index is 1.99. The third kappa shape index (κ3) is 3.97. The van der Waals surface area contributed by atoms with Gasteiger partial charge in [0, 0.05) is 17.1 Å². The number of likely N-dealkylation sites (tertiary alicyclic amines) is 1. The van der Waals surface area contributed by atoms with Gasteiger partial charge in [0.15, 0.2) is 0 Å². The molecular formula is C17H25ClN2S. The zero-order chi connectivity index (χ0) is 15.5. The third-order valence-corrected chi connectivity index (χ3v) is 5.74. The topological polar surface area (TPSA) is 29.3 Å². The van der Waals surface area contributed by atoms with Crippen LogP contribution in [0, 0.1) is 5.41 Å². The molecule has 0 spiro atoms. The summed E-state index contributed by atoms with van der Waals surface area (Å²) in [6.07, 6.45) is 5.17. The quantitative estimate of drug-likeness (QED) is 0.815. The Bertz CT molecular complexity index is 502. The van der Waals surface area contributed by atoms with Gasteiger partial charge in [0.1, 0.15) is 4.99 Å². The van der Waals surface area contributed by atoms with Gasteiger partial charge in [0.25, 0.3) is 0 Å². The van der Waals surface area contributed by atoms with Crippen molar-refractivity contribution in [1.82, 2.24) is 4.90 Å². The van der Waals surface area contributed by atoms with E-state index in [4.69, 9.17) is 29.6 Å². The normalized spacial score (nSPS) is 18.6. The van der Waals surface area contributed by atoms with Gasteiger partial charge in [-0.3, -0.25) is 4.90 Å². The van der Waals surface area contributed by atoms with E-state index in [1.807, 2.05) is 12.1 Å². The maximum absolute atomic E-state index is 6.36. The minimum Gasteiger partial charge on any atom is -0.389 e. The standard InChI is InChI=1S/C17H25ClN2S/c1-3-17(4-2)7-9-20(10-8-17)12-14-6-5-13(16(19)21)11-15(14)18/h5-6,11H,3-4,7-10,12H2,1-2H3,(H2,19,21). The minimum atomic E-state index is 0.400. The van der Waals surface area contributed by atoms with Gasteiger partial charge >= 0.3 is 0 Å². The molecule has 0 atom stereocenters. The summed E-state index contributed by atoms with van der Waals surface area (Å²) >= 11 is 11.3. The van der Waals surface area contributed by atoms with Gasteiger partial charge in [-0.2, -0.15) is 0 Å². The van der Waals surface area contributed by atoms with Crippen molar-refractivity contribution < 1.29 is 0 Å². The van der Waals surface area contributed by atoms with Crippen molar-refractivity contribution in [3.05, 3.63) is 34.3 Å². The lowest BCUT2D eigenvalue weighted by Gasteiger charge is -2.41. The monoisotopic (exact) mass is 324 g/mol. The zero-order valence-electron chi connectivity index (χ0n) is 13.0. The molecule has 1 aliphatic rings. The Morgan fingerprint density at radius 1 is 1.29 bits per heavy atom. The molecule has 21 heavy (non-hydrogen) atoms. The van der Waals surface area contributed by atoms with Crippen LogP contribution >= 0.6 is 23.8 Å². The Labute approximate surface area is 138 Å². The number of hydrogen-bond acceptors (Lipinski definition) is 2. The molecule has 1 heterocycles. The fourth-order valence-corrected chi connectivity index (χ4v) is 3.58. The highest BCUT2D eigenvalue weighted by Gasteiger charge is 2.31. The van der Waals surface area contributed by atoms with Crippen LogP contribution in [0.4, 0.5) is 0 Å². The third-order valence-electron chi connectivity index (χ3n) is 5.15. The van der Waals surface area contributed by atoms with Gasteiger partial charge < -0.3 is 5.73 Å². The number of nitrogens with zero attached hydrogens (tertiary/aromatic N) is 1. The molecule has 1 saturated heterocycles. The Hall–Kier alpha value is -0.640. The molecule has 0 amide bonds. The van der Waals surface area contributed by atoms with Gasteiger partial charge in [-0.05, 0) is 43.0 Å². The first kappa shape index (κ1) is 16.7. The van der Waals surface area contributed by atoms with Crippen molar-refractivity contribution in [2.45, 2.75) is 46.1 Å². The molecule has 0 saturated carbocycles. The molecule has 116 valence electrons. The van der Waals surface area contributed by atoms with Crippen LogP contribution in [0.15, 0.2) is 18.2 Å². The Kier molecular flexibility index (Phi) is 5.64. The van der Waals surface area contributed by atoms with Crippen LogP contribution in [-0.4, -0.2) is 23.0 Å². The summed E-state index contributed by atoms with van der Waals surface area (Å²) in [5, 5.41) is 0.767. The van der Waals surface area contributed by atoms with Gasteiger partial charge in [0.05, 0.1) is 0 Å². The summed E-state index contributed by atoms with van der Waals surface area (Å²) in [7, 11) is 0. The summed E-state index contributed by atoms with van der Waals surface area (Å²) < 4.78 is 0. The first-order chi connectivity index (χ1) is 9.99. The second-order valence-corrected chi connectivity index (χ2v) is 7.00. The van der Waals surface area contributed by atoms with Crippen LogP contribution in [0.2, 0.25) is 5.02 Å². The SMILES string of the molecule is CCC1(CC)CCN(Cc2ccc(C(N)=S)cc2Cl)CC1. The van der Waals surface area contributed by atoms with Crippen LogP contribution in [-0.2, 0) is 6.54 Å². The van der Waals surface area contributed by atoms with Crippen molar-refractivity contribution in [3.8, 4) is 0 Å². The molecule has 1 aromatic rings. The van der Waals surface area contributed by atoms with E-state index in [-0.39, 0.29) is 0 Å². The average Bonchev–Trinajstić information content (AvgIpc) is 2.50. The molecule has 0 bridgehead atoms. The number of rotatable bonds is 5. The maximum Gasteiger partial charge on any atom is 0.104 e. The van der Waals surface area contributed by atoms with Crippen molar-refractivity contribution in [3.63, 3.8) is 0 Å². The smallest absolute Gasteiger partial charge is 0.104 e. The number of piperidine rings is 1. The van der Waals surface area contributed by atoms with Crippen LogP contribution in [0.3, 0.4) is 0 Å². The van der Waals surface area contributed by atoms with Crippen molar-refractivity contribution in [2.24, 2.45) is 11.1 Å². The van der Waals surface area contributed by atoms with Crippen LogP contribution < -0.4 is 5.73 Å². The summed E-state index contributed by atoms with van der Waals surface area (Å²) in [5.74, 6) is 0. The fourth-order valence-electron chi connectivity index (χ4n) is 3.21. The molecule has 0 aliphatic carbocycles. The number of hydrogen-bond donors (Lipinski definition) is 1. The van der Waals surface area contributed by atoms with E-state index >= 15 is 0 Å². The largest absolute Gasteiger partial charge is 0.389 e. The average molecular weight is 325 g/mol. The van der Waals surface area contributed by atoms with Crippen molar-refractivity contribution in [1.29, 1.82) is 0 Å². The highest BCUT2D eigenvalue weighted by Crippen LogP contribution is 2.38. The van der Waals surface area contributed by atoms with E-state index < -0.39 is 0 Å². The lowest BCUT2D eigenvalue weighted by Crippen LogP contribution is -2.39. The molecule has 2 N–H and O–H groups in total. The predicted octanol–water partition coefficient (Wildman–Crippen LogP) is 4.38. The number of halogens is 1. The Morgan fingerprint density at radius 3 is 2.38 bits per heavy atom. The van der Waals surface area contributed by atoms with Gasteiger partial charge in [0.2, 0.25) is 0 Å². The molecule has 0 aromatic heterocycles. The molecule has 2 rings (SSSR count). The first-order valence-electron chi connectivity index (χ1n) is 7.80. The Morgan fingerprint density at radius 2 is 1.90 bits per heavy atom. The second kappa shape index (κ2) is 7.08. The summed E-state index contributed by atoms with van der Waals surface area (Å²) in [5.41, 5.74) is 8.21. The van der Waals surface area contributed by atoms with Gasteiger partial charge in [-0.25, -0.2) is 0 Å². The summed E-state index contributed by atoms with van der Waals surface area (Å²) in [6, 6.07) is 5.90. The van der Waals surface area contributed by atoms with Crippen LogP contribution in [0.1, 0.15) is 50.7 Å². The van der Waals surface area contributed by atoms with E-state index in [1.165, 1.54) is 25.7 Å². The van der Waals surface area contributed by atoms with Crippen molar-refractivity contribution >= 4 is 28.8 Å². The van der Waals surface area contributed by atoms with Gasteiger partial charge in [-0.1, -0.05) is 62.6 Å². The lowest BCUT2D eigenvalue weighted by molar-refractivity contribution is 0.0909. The van der Waals surface area contributed by atoms with E-state index in [0.29, 0.717) is 10.4 Å². The summed E-state index contributed by atoms with van der Waals surface area (Å²) in [4.78, 5) is 2.91. The van der Waals surface area contributed by atoms with Gasteiger partial charge in [-0.15, -0.1) is 0 Å². The highest BCUT2D eigenvalue weighted by atomic mass is 35.5. The van der Waals surface area contributed by atoms with E-state index in [2.05, 4.69) is 24.8 Å². The van der Waals surface area contributed by atoms with E-state index in [1.54, 1.807) is 0 Å². The molecular weight excluding hydrogens is 300 g/mol. The predicted molar refractivity (Wildman–Crippen MR) is 94.9 cm³/mol. The number of nitrogens with two attached hydrogens (primary N) is 1. The molecule has 2 nitrogen and oxygen atoms in total. The molecule has 0 unspecified atom stereocenters. The van der Waals surface area contributed by atoms with E-state index in [9.17, 15) is 0 Å². The maximum atomic E-state index is 6.36. The molecule has 1 aromatic carbocycles. The molecule has 4 heteroatoms. The molecule has 1 aliphatic heterocycles. The highest BCUT2D eigenvalue weighted by molar-refractivity contribution is 7.80. The first-order valence-corrected chi connectivity index (χ1v) is 8.59. The molecule has 0 radical (unpaired) electrons. The minimum absolute atomic E-state index is 0.400. The van der Waals surface area contributed by atoms with Crippen molar-refractivity contribution in [2.75, 3.05) is 13.1 Å². The number of benzene rings is 1. The lowest BCUT2D eigenvalue weighted by atomic mass is 9.74. The van der Waals surface area contributed by atoms with Crippen LogP contribution in [0.5, 0.6) is 0 Å². The number of thiocarbonyl (C=S) groups is 1.